The first-order valence-electron chi connectivity index (χ1n) is 5.59. The van der Waals surface area contributed by atoms with E-state index < -0.39 is 11.8 Å². The fraction of sp³-hybridized carbons (Fsp3) is 0. The van der Waals surface area contributed by atoms with Gasteiger partial charge in [0.05, 0.1) is 16.6 Å². The minimum Gasteiger partial charge on any atom is -0.478 e. The van der Waals surface area contributed by atoms with Crippen LogP contribution in [0.5, 0.6) is 0 Å². The van der Waals surface area contributed by atoms with Crippen molar-refractivity contribution in [2.75, 3.05) is 0 Å². The fourth-order valence-corrected chi connectivity index (χ4v) is 2.23. The molecule has 0 aliphatic rings. The van der Waals surface area contributed by atoms with Crippen LogP contribution in [0.4, 0.5) is 4.39 Å². The molecular formula is C13H7BrFN3O2. The zero-order chi connectivity index (χ0) is 14.3. The van der Waals surface area contributed by atoms with Crippen molar-refractivity contribution >= 4 is 33.1 Å². The number of hydrogen-bond acceptors (Lipinski definition) is 3. The third kappa shape index (κ3) is 2.05. The normalized spacial score (nSPS) is 10.9. The zero-order valence-corrected chi connectivity index (χ0v) is 11.5. The first-order chi connectivity index (χ1) is 9.56. The lowest BCUT2D eigenvalue weighted by Crippen LogP contribution is -1.97. The van der Waals surface area contributed by atoms with Gasteiger partial charge >= 0.3 is 5.97 Å². The highest BCUT2D eigenvalue weighted by Crippen LogP contribution is 2.26. The molecule has 0 saturated heterocycles. The monoisotopic (exact) mass is 335 g/mol. The minimum atomic E-state index is -1.09. The van der Waals surface area contributed by atoms with Crippen molar-refractivity contribution in [3.8, 4) is 11.4 Å². The topological polar surface area (TPSA) is 78.9 Å². The second-order valence-corrected chi connectivity index (χ2v) is 4.99. The van der Waals surface area contributed by atoms with E-state index in [1.165, 1.54) is 18.3 Å². The number of carboxylic acids is 1. The van der Waals surface area contributed by atoms with Gasteiger partial charge in [0.25, 0.3) is 0 Å². The van der Waals surface area contributed by atoms with Gasteiger partial charge in [-0.05, 0) is 24.3 Å². The van der Waals surface area contributed by atoms with E-state index in [1.807, 2.05) is 0 Å². The van der Waals surface area contributed by atoms with Gasteiger partial charge in [0.15, 0.2) is 5.65 Å². The largest absolute Gasteiger partial charge is 0.478 e. The molecular weight excluding hydrogens is 329 g/mol. The van der Waals surface area contributed by atoms with E-state index in [-0.39, 0.29) is 28.1 Å². The van der Waals surface area contributed by atoms with Gasteiger partial charge in [-0.2, -0.15) is 0 Å². The van der Waals surface area contributed by atoms with Crippen molar-refractivity contribution in [1.29, 1.82) is 0 Å². The number of nitrogens with one attached hydrogen (secondary N) is 1. The van der Waals surface area contributed by atoms with E-state index in [4.69, 9.17) is 5.11 Å². The van der Waals surface area contributed by atoms with Crippen LogP contribution in [0.2, 0.25) is 0 Å². The van der Waals surface area contributed by atoms with Crippen molar-refractivity contribution in [2.24, 2.45) is 0 Å². The summed E-state index contributed by atoms with van der Waals surface area (Å²) >= 11 is 3.17. The van der Waals surface area contributed by atoms with Crippen LogP contribution in [0.3, 0.4) is 0 Å². The highest BCUT2D eigenvalue weighted by atomic mass is 79.9. The maximum atomic E-state index is 13.9. The highest BCUT2D eigenvalue weighted by molar-refractivity contribution is 9.10. The number of benzene rings is 1. The molecule has 0 atom stereocenters. The number of pyridine rings is 1. The van der Waals surface area contributed by atoms with E-state index >= 15 is 0 Å². The molecule has 0 spiro atoms. The summed E-state index contributed by atoms with van der Waals surface area (Å²) in [4.78, 5) is 22.0. The quantitative estimate of drug-likeness (QED) is 0.753. The van der Waals surface area contributed by atoms with Crippen LogP contribution in [-0.2, 0) is 0 Å². The van der Waals surface area contributed by atoms with E-state index in [0.29, 0.717) is 4.47 Å². The number of nitrogens with zero attached hydrogens (tertiary/aromatic N) is 2. The molecule has 5 nitrogen and oxygen atoms in total. The molecule has 20 heavy (non-hydrogen) atoms. The fourth-order valence-electron chi connectivity index (χ4n) is 1.90. The number of fused-ring (bicyclic) bond motifs is 1. The van der Waals surface area contributed by atoms with Gasteiger partial charge in [0.2, 0.25) is 0 Å². The number of rotatable bonds is 2. The second kappa shape index (κ2) is 4.68. The van der Waals surface area contributed by atoms with Gasteiger partial charge in [0.1, 0.15) is 11.6 Å². The van der Waals surface area contributed by atoms with Gasteiger partial charge in [0, 0.05) is 10.7 Å². The number of carbonyl (C=O) groups is 1. The molecule has 2 heterocycles. The highest BCUT2D eigenvalue weighted by Gasteiger charge is 2.15. The summed E-state index contributed by atoms with van der Waals surface area (Å²) < 4.78 is 14.5. The van der Waals surface area contributed by atoms with Gasteiger partial charge in [-0.3, -0.25) is 0 Å². The van der Waals surface area contributed by atoms with Crippen molar-refractivity contribution in [3.05, 3.63) is 46.3 Å². The Hall–Kier alpha value is -2.28. The number of carboxylic acid groups (broad SMARTS) is 1. The molecule has 2 aromatic heterocycles. The number of aromatic carboxylic acids is 1. The van der Waals surface area contributed by atoms with Crippen molar-refractivity contribution in [2.45, 2.75) is 0 Å². The molecule has 3 rings (SSSR count). The molecule has 100 valence electrons. The average Bonchev–Trinajstić information content (AvgIpc) is 2.81. The Morgan fingerprint density at radius 3 is 2.85 bits per heavy atom. The summed E-state index contributed by atoms with van der Waals surface area (Å²) in [6.07, 6.45) is 1.36. The molecule has 0 bridgehead atoms. The number of aromatic nitrogens is 3. The Kier molecular flexibility index (Phi) is 2.98. The Bertz CT molecular complexity index is 832. The van der Waals surface area contributed by atoms with Crippen LogP contribution in [0.15, 0.2) is 34.9 Å². The number of aromatic amines is 1. The summed E-state index contributed by atoms with van der Waals surface area (Å²) in [5.41, 5.74) is 0.813. The van der Waals surface area contributed by atoms with Crippen molar-refractivity contribution in [3.63, 3.8) is 0 Å². The lowest BCUT2D eigenvalue weighted by Gasteiger charge is -1.99. The first-order valence-corrected chi connectivity index (χ1v) is 6.39. The van der Waals surface area contributed by atoms with E-state index in [1.54, 1.807) is 12.1 Å². The summed E-state index contributed by atoms with van der Waals surface area (Å²) in [5.74, 6) is -1.31. The Balaban J connectivity index is 2.23. The molecule has 0 fully saturated rings. The lowest BCUT2D eigenvalue weighted by molar-refractivity contribution is 0.0698. The standard InChI is InChI=1S/C13H7BrFN3O2/c14-6-1-2-7(9(15)5-6)11-17-10-8(13(19)20)3-4-16-12(10)18-11/h1-5H,(H,19,20)(H,16,17,18). The van der Waals surface area contributed by atoms with Gasteiger partial charge in [-0.25, -0.2) is 19.2 Å². The molecule has 0 saturated carbocycles. The molecule has 1 aromatic carbocycles. The summed E-state index contributed by atoms with van der Waals surface area (Å²) in [7, 11) is 0. The molecule has 2 N–H and O–H groups in total. The zero-order valence-electron chi connectivity index (χ0n) is 9.89. The molecule has 0 unspecified atom stereocenters. The smallest absolute Gasteiger partial charge is 0.338 e. The molecule has 0 amide bonds. The Morgan fingerprint density at radius 1 is 1.35 bits per heavy atom. The van der Waals surface area contributed by atoms with E-state index in [2.05, 4.69) is 30.9 Å². The van der Waals surface area contributed by atoms with Crippen LogP contribution >= 0.6 is 15.9 Å². The van der Waals surface area contributed by atoms with Crippen LogP contribution in [0.25, 0.3) is 22.6 Å². The number of H-pyrrole nitrogens is 1. The Labute approximate surface area is 120 Å². The maximum absolute atomic E-state index is 13.9. The van der Waals surface area contributed by atoms with Gasteiger partial charge in [-0.15, -0.1) is 0 Å². The van der Waals surface area contributed by atoms with Gasteiger partial charge < -0.3 is 10.1 Å². The summed E-state index contributed by atoms with van der Waals surface area (Å²) in [6.45, 7) is 0. The number of halogens is 2. The predicted molar refractivity (Wildman–Crippen MR) is 73.9 cm³/mol. The average molecular weight is 336 g/mol. The number of imidazole rings is 1. The maximum Gasteiger partial charge on any atom is 0.338 e. The van der Waals surface area contributed by atoms with Crippen LogP contribution in [0.1, 0.15) is 10.4 Å². The van der Waals surface area contributed by atoms with Crippen LogP contribution in [0, 0.1) is 5.82 Å². The lowest BCUT2D eigenvalue weighted by atomic mass is 10.2. The molecule has 7 heteroatoms. The molecule has 0 aliphatic carbocycles. The van der Waals surface area contributed by atoms with E-state index in [0.717, 1.165) is 0 Å². The minimum absolute atomic E-state index is 0.0475. The first kappa shape index (κ1) is 12.7. The van der Waals surface area contributed by atoms with Crippen LogP contribution in [-0.4, -0.2) is 26.0 Å². The molecule has 0 aliphatic heterocycles. The molecule has 0 radical (unpaired) electrons. The van der Waals surface area contributed by atoms with Crippen molar-refractivity contribution in [1.82, 2.24) is 15.0 Å². The van der Waals surface area contributed by atoms with Crippen LogP contribution < -0.4 is 0 Å². The molecule has 3 aromatic rings. The Morgan fingerprint density at radius 2 is 2.15 bits per heavy atom. The third-order valence-electron chi connectivity index (χ3n) is 2.81. The predicted octanol–water partition coefficient (Wildman–Crippen LogP) is 3.22. The van der Waals surface area contributed by atoms with E-state index in [9.17, 15) is 9.18 Å². The van der Waals surface area contributed by atoms with Gasteiger partial charge in [-0.1, -0.05) is 15.9 Å². The third-order valence-corrected chi connectivity index (χ3v) is 3.30. The summed E-state index contributed by atoms with van der Waals surface area (Å²) in [5, 5.41) is 9.10. The SMILES string of the molecule is O=C(O)c1ccnc2nc(-c3ccc(Br)cc3F)[nH]c12. The number of hydrogen-bond donors (Lipinski definition) is 2. The second-order valence-electron chi connectivity index (χ2n) is 4.07. The summed E-state index contributed by atoms with van der Waals surface area (Å²) in [6, 6.07) is 5.91. The van der Waals surface area contributed by atoms with Crippen molar-refractivity contribution < 1.29 is 14.3 Å².